The fourth-order valence-electron chi connectivity index (χ4n) is 4.04. The molecule has 1 heterocycles. The Morgan fingerprint density at radius 3 is 1.56 bits per heavy atom. The summed E-state index contributed by atoms with van der Waals surface area (Å²) in [4.78, 5) is 25.5. The average molecular weight is 215 g/mol. The SMILES string of the molecule is CN1C(=O)[C@@H]2C3C=CC(C4C=CC43)[C@@H]2C1=O. The lowest BCUT2D eigenvalue weighted by atomic mass is 9.50. The minimum absolute atomic E-state index is 0.0353. The minimum atomic E-state index is -0.0706. The van der Waals surface area contributed by atoms with E-state index in [2.05, 4.69) is 24.3 Å². The Morgan fingerprint density at radius 2 is 1.19 bits per heavy atom. The molecule has 0 N–H and O–H groups in total. The molecule has 1 saturated heterocycles. The summed E-state index contributed by atoms with van der Waals surface area (Å²) in [6, 6.07) is 0. The molecule has 2 amide bonds. The monoisotopic (exact) mass is 215 g/mol. The first kappa shape index (κ1) is 8.74. The highest BCUT2D eigenvalue weighted by molar-refractivity contribution is 6.05. The molecule has 0 radical (unpaired) electrons. The van der Waals surface area contributed by atoms with Crippen LogP contribution in [0, 0.1) is 35.5 Å². The highest BCUT2D eigenvalue weighted by Crippen LogP contribution is 2.58. The Hall–Kier alpha value is -1.38. The maximum Gasteiger partial charge on any atom is 0.233 e. The van der Waals surface area contributed by atoms with Gasteiger partial charge in [-0.25, -0.2) is 0 Å². The van der Waals surface area contributed by atoms with Crippen LogP contribution in [0.3, 0.4) is 0 Å². The predicted molar refractivity (Wildman–Crippen MR) is 57.0 cm³/mol. The molecule has 16 heavy (non-hydrogen) atoms. The second-order valence-electron chi connectivity index (χ2n) is 5.37. The molecular formula is C13H13NO2. The maximum absolute atomic E-state index is 12.1. The lowest BCUT2D eigenvalue weighted by molar-refractivity contribution is -0.138. The Kier molecular flexibility index (Phi) is 1.35. The summed E-state index contributed by atoms with van der Waals surface area (Å²) in [7, 11) is 1.62. The number of carbonyl (C=O) groups is 2. The fourth-order valence-corrected chi connectivity index (χ4v) is 4.04. The Bertz CT molecular complexity index is 425. The summed E-state index contributed by atoms with van der Waals surface area (Å²) in [5, 5.41) is 0. The van der Waals surface area contributed by atoms with Crippen molar-refractivity contribution in [1.82, 2.24) is 4.90 Å². The van der Waals surface area contributed by atoms with E-state index in [1.54, 1.807) is 7.05 Å². The van der Waals surface area contributed by atoms with Crippen molar-refractivity contribution in [3.63, 3.8) is 0 Å². The van der Waals surface area contributed by atoms with E-state index in [0.717, 1.165) is 0 Å². The zero-order chi connectivity index (χ0) is 11.0. The summed E-state index contributed by atoms with van der Waals surface area (Å²) in [5.41, 5.74) is 0. The number of nitrogens with zero attached hydrogens (tertiary/aromatic N) is 1. The van der Waals surface area contributed by atoms with Crippen LogP contribution in [0.4, 0.5) is 0 Å². The van der Waals surface area contributed by atoms with Crippen LogP contribution in [-0.2, 0) is 9.59 Å². The van der Waals surface area contributed by atoms with Gasteiger partial charge < -0.3 is 0 Å². The van der Waals surface area contributed by atoms with E-state index in [1.807, 2.05) is 0 Å². The van der Waals surface area contributed by atoms with Crippen molar-refractivity contribution in [1.29, 1.82) is 0 Å². The molecule has 82 valence electrons. The van der Waals surface area contributed by atoms with Crippen LogP contribution >= 0.6 is 0 Å². The topological polar surface area (TPSA) is 37.4 Å². The van der Waals surface area contributed by atoms with Crippen LogP contribution < -0.4 is 0 Å². The minimum Gasteiger partial charge on any atom is -0.285 e. The lowest BCUT2D eigenvalue weighted by Gasteiger charge is -2.51. The van der Waals surface area contributed by atoms with Gasteiger partial charge in [-0.05, 0) is 23.7 Å². The van der Waals surface area contributed by atoms with E-state index in [0.29, 0.717) is 11.8 Å². The molecule has 5 aliphatic rings. The van der Waals surface area contributed by atoms with Crippen LogP contribution in [0.15, 0.2) is 24.3 Å². The lowest BCUT2D eigenvalue weighted by Crippen LogP contribution is -2.50. The average Bonchev–Trinajstić information content (AvgIpc) is 2.45. The number of rotatable bonds is 0. The van der Waals surface area contributed by atoms with E-state index in [9.17, 15) is 9.59 Å². The zero-order valence-electron chi connectivity index (χ0n) is 9.04. The molecule has 3 nitrogen and oxygen atoms in total. The molecule has 5 rings (SSSR count). The fraction of sp³-hybridized carbons (Fsp3) is 0.538. The summed E-state index contributed by atoms with van der Waals surface area (Å²) < 4.78 is 0. The van der Waals surface area contributed by atoms with Crippen molar-refractivity contribution in [3.8, 4) is 0 Å². The van der Waals surface area contributed by atoms with Gasteiger partial charge in [-0.3, -0.25) is 14.5 Å². The van der Waals surface area contributed by atoms with E-state index >= 15 is 0 Å². The Labute approximate surface area is 93.8 Å². The number of amides is 2. The molecule has 0 spiro atoms. The van der Waals surface area contributed by atoms with Gasteiger partial charge >= 0.3 is 0 Å². The number of carbonyl (C=O) groups excluding carboxylic acids is 2. The molecule has 0 aromatic heterocycles. The standard InChI is InChI=1S/C13H13NO2/c1-14-12(15)10-8-4-5-9(11(10)13(14)16)7-3-2-6(7)8/h2-11H,1H3/t6?,7?,8?,9?,10-,11+. The van der Waals surface area contributed by atoms with Gasteiger partial charge in [0.1, 0.15) is 0 Å². The molecular weight excluding hydrogens is 202 g/mol. The highest BCUT2D eigenvalue weighted by Gasteiger charge is 2.61. The molecule has 4 aliphatic carbocycles. The van der Waals surface area contributed by atoms with Crippen molar-refractivity contribution >= 4 is 11.8 Å². The molecule has 0 aromatic rings. The molecule has 1 saturated carbocycles. The maximum atomic E-state index is 12.1. The van der Waals surface area contributed by atoms with Gasteiger partial charge in [-0.1, -0.05) is 24.3 Å². The summed E-state index contributed by atoms with van der Waals surface area (Å²) in [6.45, 7) is 0. The van der Waals surface area contributed by atoms with Crippen molar-refractivity contribution in [2.75, 3.05) is 7.05 Å². The molecule has 4 unspecified atom stereocenters. The molecule has 0 aromatic carbocycles. The van der Waals surface area contributed by atoms with E-state index in [-0.39, 0.29) is 35.5 Å². The van der Waals surface area contributed by atoms with Gasteiger partial charge in [0.05, 0.1) is 11.8 Å². The largest absolute Gasteiger partial charge is 0.285 e. The van der Waals surface area contributed by atoms with E-state index < -0.39 is 0 Å². The first-order valence-corrected chi connectivity index (χ1v) is 5.88. The van der Waals surface area contributed by atoms with Crippen LogP contribution in [0.1, 0.15) is 0 Å². The van der Waals surface area contributed by atoms with Crippen molar-refractivity contribution in [3.05, 3.63) is 24.3 Å². The molecule has 3 heteroatoms. The van der Waals surface area contributed by atoms with Gasteiger partial charge in [0.25, 0.3) is 0 Å². The summed E-state index contributed by atoms with van der Waals surface area (Å²) >= 11 is 0. The van der Waals surface area contributed by atoms with Gasteiger partial charge in [-0.2, -0.15) is 0 Å². The summed E-state index contributed by atoms with van der Waals surface area (Å²) in [5.74, 6) is 1.50. The highest BCUT2D eigenvalue weighted by atomic mass is 16.2. The third kappa shape index (κ3) is 0.721. The van der Waals surface area contributed by atoms with Crippen molar-refractivity contribution in [2.45, 2.75) is 0 Å². The predicted octanol–water partition coefficient (Wildman–Crippen LogP) is 0.835. The Morgan fingerprint density at radius 1 is 0.812 bits per heavy atom. The van der Waals surface area contributed by atoms with Gasteiger partial charge in [0, 0.05) is 7.05 Å². The first-order chi connectivity index (χ1) is 7.70. The number of allylic oxidation sites excluding steroid dienone is 4. The quantitative estimate of drug-likeness (QED) is 0.443. The third-order valence-electron chi connectivity index (χ3n) is 4.89. The van der Waals surface area contributed by atoms with Crippen molar-refractivity contribution in [2.24, 2.45) is 35.5 Å². The second-order valence-corrected chi connectivity index (χ2v) is 5.37. The normalized spacial score (nSPS) is 51.7. The second kappa shape index (κ2) is 2.47. The smallest absolute Gasteiger partial charge is 0.233 e. The van der Waals surface area contributed by atoms with Gasteiger partial charge in [-0.15, -0.1) is 0 Å². The van der Waals surface area contributed by atoms with Gasteiger partial charge in [0.2, 0.25) is 11.8 Å². The number of hydrogen-bond acceptors (Lipinski definition) is 2. The van der Waals surface area contributed by atoms with Gasteiger partial charge in [0.15, 0.2) is 0 Å². The molecule has 2 fully saturated rings. The van der Waals surface area contributed by atoms with E-state index in [4.69, 9.17) is 0 Å². The summed E-state index contributed by atoms with van der Waals surface area (Å²) in [6.07, 6.45) is 8.75. The van der Waals surface area contributed by atoms with Crippen LogP contribution in [-0.4, -0.2) is 23.8 Å². The molecule has 6 atom stereocenters. The Balaban J connectivity index is 1.87. The number of hydrogen-bond donors (Lipinski definition) is 0. The van der Waals surface area contributed by atoms with Crippen molar-refractivity contribution < 1.29 is 9.59 Å². The van der Waals surface area contributed by atoms with Crippen LogP contribution in [0.25, 0.3) is 0 Å². The van der Waals surface area contributed by atoms with Crippen LogP contribution in [0.2, 0.25) is 0 Å². The van der Waals surface area contributed by atoms with E-state index in [1.165, 1.54) is 4.90 Å². The van der Waals surface area contributed by atoms with Crippen LogP contribution in [0.5, 0.6) is 0 Å². The molecule has 1 aliphatic heterocycles. The number of likely N-dealkylation sites (tertiary alicyclic amines) is 1. The third-order valence-corrected chi connectivity index (χ3v) is 4.89. The zero-order valence-corrected chi connectivity index (χ0v) is 9.04. The molecule has 2 bridgehead atoms. The number of imide groups is 1. The first-order valence-electron chi connectivity index (χ1n) is 5.88.